The van der Waals surface area contributed by atoms with Gasteiger partial charge in [0, 0.05) is 0 Å². The highest BCUT2D eigenvalue weighted by molar-refractivity contribution is 8.15. The van der Waals surface area contributed by atoms with Crippen molar-refractivity contribution >= 4 is 41.0 Å². The minimum atomic E-state index is -0.943. The van der Waals surface area contributed by atoms with E-state index in [1.807, 2.05) is 13.8 Å². The lowest BCUT2D eigenvalue weighted by atomic mass is 10.0. The van der Waals surface area contributed by atoms with Gasteiger partial charge in [0.25, 0.3) is 0 Å². The third kappa shape index (κ3) is 3.33. The Kier molecular flexibility index (Phi) is 4.70. The van der Waals surface area contributed by atoms with Crippen molar-refractivity contribution in [3.63, 3.8) is 0 Å². The van der Waals surface area contributed by atoms with E-state index in [9.17, 15) is 9.90 Å². The first-order valence-electron chi connectivity index (χ1n) is 5.45. The maximum absolute atomic E-state index is 11.1. The van der Waals surface area contributed by atoms with Crippen LogP contribution >= 0.6 is 24.2 Å². The second-order valence-electron chi connectivity index (χ2n) is 4.52. The molecule has 0 unspecified atom stereocenters. The number of phenolic OH excluding ortho intramolecular Hbond substituents is 1. The van der Waals surface area contributed by atoms with Crippen LogP contribution in [0.5, 0.6) is 5.75 Å². The molecule has 1 heterocycles. The van der Waals surface area contributed by atoms with Crippen LogP contribution in [0.3, 0.4) is 0 Å². The van der Waals surface area contributed by atoms with Gasteiger partial charge in [0.2, 0.25) is 0 Å². The molecule has 0 radical (unpaired) electrons. The average molecular weight is 303 g/mol. The molecular weight excluding hydrogens is 288 g/mol. The second-order valence-corrected chi connectivity index (χ2v) is 6.17. The summed E-state index contributed by atoms with van der Waals surface area (Å²) in [5.74, 6) is -0.834. The average Bonchev–Trinajstić information content (AvgIpc) is 2.57. The van der Waals surface area contributed by atoms with Gasteiger partial charge in [0.15, 0.2) is 11.2 Å². The first-order valence-corrected chi connectivity index (χ1v) is 6.26. The lowest BCUT2D eigenvalue weighted by Crippen LogP contribution is -2.34. The van der Waals surface area contributed by atoms with E-state index in [0.29, 0.717) is 10.9 Å². The predicted octanol–water partition coefficient (Wildman–Crippen LogP) is 2.56. The molecule has 0 spiro atoms. The Labute approximate surface area is 121 Å². The Morgan fingerprint density at radius 2 is 2.05 bits per heavy atom. The Balaban J connectivity index is 0.00000180. The number of carbonyl (C=O) groups is 1. The monoisotopic (exact) mass is 302 g/mol. The van der Waals surface area contributed by atoms with Crippen molar-refractivity contribution in [3.8, 4) is 5.75 Å². The Morgan fingerprint density at radius 3 is 2.58 bits per heavy atom. The second kappa shape index (κ2) is 5.71. The molecule has 7 heteroatoms. The van der Waals surface area contributed by atoms with Gasteiger partial charge < -0.3 is 15.5 Å². The van der Waals surface area contributed by atoms with Crippen molar-refractivity contribution in [3.05, 3.63) is 24.3 Å². The van der Waals surface area contributed by atoms with Gasteiger partial charge in [-0.05, 0) is 26.0 Å². The summed E-state index contributed by atoms with van der Waals surface area (Å²) in [4.78, 5) is 15.2. The van der Waals surface area contributed by atoms with E-state index in [4.69, 9.17) is 5.11 Å². The molecule has 1 aromatic carbocycles. The van der Waals surface area contributed by atoms with Crippen LogP contribution in [-0.2, 0) is 4.79 Å². The molecule has 0 amide bonds. The summed E-state index contributed by atoms with van der Waals surface area (Å²) >= 11 is 1.35. The van der Waals surface area contributed by atoms with E-state index < -0.39 is 16.8 Å². The molecule has 2 rings (SSSR count). The smallest absolute Gasteiger partial charge is 0.329 e. The highest BCUT2D eigenvalue weighted by Crippen LogP contribution is 2.38. The third-order valence-corrected chi connectivity index (χ3v) is 3.79. The summed E-state index contributed by atoms with van der Waals surface area (Å²) < 4.78 is -0.501. The fraction of sp³-hybridized carbons (Fsp3) is 0.333. The van der Waals surface area contributed by atoms with Crippen LogP contribution in [-0.4, -0.2) is 32.1 Å². The van der Waals surface area contributed by atoms with Crippen LogP contribution in [0.25, 0.3) is 0 Å². The van der Waals surface area contributed by atoms with Crippen molar-refractivity contribution in [2.24, 2.45) is 4.99 Å². The van der Waals surface area contributed by atoms with Gasteiger partial charge in [0.05, 0.1) is 10.4 Å². The van der Waals surface area contributed by atoms with Crippen molar-refractivity contribution < 1.29 is 15.0 Å². The Morgan fingerprint density at radius 1 is 1.42 bits per heavy atom. The van der Waals surface area contributed by atoms with Crippen LogP contribution in [0.1, 0.15) is 13.8 Å². The zero-order valence-corrected chi connectivity index (χ0v) is 12.1. The highest BCUT2D eigenvalue weighted by Gasteiger charge is 2.42. The SMILES string of the molecule is CC1(C)SC(Nc2ccccc2O)=N[C@H]1C(=O)O.Cl. The van der Waals surface area contributed by atoms with Crippen LogP contribution in [0, 0.1) is 0 Å². The first kappa shape index (κ1) is 15.7. The standard InChI is InChI=1S/C12H14N2O3S.ClH/c1-12(2)9(10(16)17)14-11(18-12)13-7-5-3-4-6-8(7)15;/h3-6,9,15H,1-2H3,(H,13,14)(H,16,17);1H/t9-;/m0./s1. The Hall–Kier alpha value is -1.40. The van der Waals surface area contributed by atoms with Crippen LogP contribution < -0.4 is 5.32 Å². The lowest BCUT2D eigenvalue weighted by molar-refractivity contribution is -0.138. The number of nitrogens with zero attached hydrogens (tertiary/aromatic N) is 1. The molecule has 0 bridgehead atoms. The number of aliphatic imine (C=N–C) groups is 1. The number of carboxylic acids is 1. The van der Waals surface area contributed by atoms with Crippen molar-refractivity contribution in [1.29, 1.82) is 0 Å². The molecule has 0 fully saturated rings. The third-order valence-electron chi connectivity index (χ3n) is 2.64. The molecule has 1 aliphatic rings. The number of nitrogens with one attached hydrogen (secondary N) is 1. The maximum atomic E-state index is 11.1. The van der Waals surface area contributed by atoms with Crippen LogP contribution in [0.2, 0.25) is 0 Å². The van der Waals surface area contributed by atoms with E-state index in [-0.39, 0.29) is 18.2 Å². The molecule has 19 heavy (non-hydrogen) atoms. The molecule has 1 aliphatic heterocycles. The topological polar surface area (TPSA) is 81.9 Å². The summed E-state index contributed by atoms with van der Waals surface area (Å²) in [5.41, 5.74) is 0.519. The molecule has 3 N–H and O–H groups in total. The predicted molar refractivity (Wildman–Crippen MR) is 79.5 cm³/mol. The number of halogens is 1. The molecule has 0 aromatic heterocycles. The summed E-state index contributed by atoms with van der Waals surface area (Å²) in [5, 5.41) is 22.2. The van der Waals surface area contributed by atoms with Gasteiger partial charge in [-0.1, -0.05) is 23.9 Å². The lowest BCUT2D eigenvalue weighted by Gasteiger charge is -2.20. The fourth-order valence-electron chi connectivity index (χ4n) is 1.71. The van der Waals surface area contributed by atoms with Gasteiger partial charge in [-0.15, -0.1) is 12.4 Å². The number of rotatable bonds is 2. The van der Waals surface area contributed by atoms with E-state index in [1.54, 1.807) is 24.3 Å². The Bertz CT molecular complexity index is 519. The van der Waals surface area contributed by atoms with Crippen molar-refractivity contribution in [2.75, 3.05) is 5.32 Å². The number of benzene rings is 1. The number of hydrogen-bond donors (Lipinski definition) is 3. The zero-order valence-electron chi connectivity index (χ0n) is 10.5. The fourth-order valence-corrected chi connectivity index (χ4v) is 2.79. The number of hydrogen-bond acceptors (Lipinski definition) is 5. The molecule has 0 saturated carbocycles. The van der Waals surface area contributed by atoms with Gasteiger partial charge in [0.1, 0.15) is 5.75 Å². The summed E-state index contributed by atoms with van der Waals surface area (Å²) in [7, 11) is 0. The van der Waals surface area contributed by atoms with Crippen molar-refractivity contribution in [2.45, 2.75) is 24.6 Å². The number of anilines is 1. The van der Waals surface area contributed by atoms with E-state index in [1.165, 1.54) is 11.8 Å². The minimum Gasteiger partial charge on any atom is -0.506 e. The minimum absolute atomic E-state index is 0. The van der Waals surface area contributed by atoms with E-state index >= 15 is 0 Å². The van der Waals surface area contributed by atoms with Crippen molar-refractivity contribution in [1.82, 2.24) is 0 Å². The van der Waals surface area contributed by atoms with Crippen LogP contribution in [0.15, 0.2) is 29.3 Å². The summed E-state index contributed by atoms with van der Waals surface area (Å²) in [6, 6.07) is 5.98. The molecule has 0 aliphatic carbocycles. The molecule has 1 aromatic rings. The van der Waals surface area contributed by atoms with E-state index in [0.717, 1.165) is 0 Å². The number of amidine groups is 1. The summed E-state index contributed by atoms with van der Waals surface area (Å²) in [6.45, 7) is 3.67. The quantitative estimate of drug-likeness (QED) is 0.731. The summed E-state index contributed by atoms with van der Waals surface area (Å²) in [6.07, 6.45) is 0. The number of thioether (sulfide) groups is 1. The normalized spacial score (nSPS) is 20.3. The number of para-hydroxylation sites is 2. The number of phenols is 1. The molecule has 5 nitrogen and oxygen atoms in total. The van der Waals surface area contributed by atoms with Gasteiger partial charge in [-0.3, -0.25) is 0 Å². The van der Waals surface area contributed by atoms with Gasteiger partial charge >= 0.3 is 5.97 Å². The largest absolute Gasteiger partial charge is 0.506 e. The molecule has 104 valence electrons. The first-order chi connectivity index (χ1) is 8.40. The van der Waals surface area contributed by atoms with E-state index in [2.05, 4.69) is 10.3 Å². The molecule has 0 saturated heterocycles. The maximum Gasteiger partial charge on any atom is 0.329 e. The number of carboxylic acid groups (broad SMARTS) is 1. The number of aliphatic carboxylic acids is 1. The molecule has 1 atom stereocenters. The van der Waals surface area contributed by atoms with Gasteiger partial charge in [-0.25, -0.2) is 9.79 Å². The number of aromatic hydroxyl groups is 1. The van der Waals surface area contributed by atoms with Gasteiger partial charge in [-0.2, -0.15) is 0 Å². The zero-order chi connectivity index (χ0) is 13.3. The molecular formula is C12H15ClN2O3S. The van der Waals surface area contributed by atoms with Crippen LogP contribution in [0.4, 0.5) is 5.69 Å². The highest BCUT2D eigenvalue weighted by atomic mass is 35.5.